The molecule has 0 aromatic heterocycles. The molecule has 4 nitrogen and oxygen atoms in total. The lowest BCUT2D eigenvalue weighted by Crippen LogP contribution is -2.36. The van der Waals surface area contributed by atoms with Crippen molar-refractivity contribution in [1.29, 1.82) is 0 Å². The van der Waals surface area contributed by atoms with Crippen LogP contribution in [0.15, 0.2) is 18.2 Å². The Morgan fingerprint density at radius 2 is 2.00 bits per heavy atom. The molecule has 0 fully saturated rings. The van der Waals surface area contributed by atoms with Crippen LogP contribution in [0.1, 0.15) is 25.5 Å². The number of nitrogens with one attached hydrogen (secondary N) is 1. The summed E-state index contributed by atoms with van der Waals surface area (Å²) in [7, 11) is 0. The first-order valence-corrected chi connectivity index (χ1v) is 5.69. The van der Waals surface area contributed by atoms with Gasteiger partial charge < -0.3 is 10.4 Å². The second kappa shape index (κ2) is 5.82. The number of hydrogen-bond acceptors (Lipinski definition) is 2. The van der Waals surface area contributed by atoms with Gasteiger partial charge in [-0.1, -0.05) is 31.5 Å². The molecule has 1 atom stereocenters. The Bertz CT molecular complexity index is 476. The molecule has 0 saturated carbocycles. The molecule has 2 N–H and O–H groups in total. The number of rotatable bonds is 3. The standard InChI is InChI=1S/C12H13ClFNO3/c1-6(2)10(15-11(16)12(17)18)8-4-3-7(13)5-9(8)14/h3-6,10H,1-2H3,(H,15,16)(H,17,18)/t10-/m1/s1. The fourth-order valence-electron chi connectivity index (χ4n) is 1.56. The van der Waals surface area contributed by atoms with Gasteiger partial charge >= 0.3 is 11.9 Å². The number of carbonyl (C=O) groups is 2. The molecule has 1 aromatic carbocycles. The summed E-state index contributed by atoms with van der Waals surface area (Å²) in [5.41, 5.74) is 0.212. The van der Waals surface area contributed by atoms with Gasteiger partial charge in [-0.05, 0) is 18.1 Å². The zero-order chi connectivity index (χ0) is 13.9. The van der Waals surface area contributed by atoms with Gasteiger partial charge in [0.25, 0.3) is 0 Å². The van der Waals surface area contributed by atoms with E-state index in [4.69, 9.17) is 16.7 Å². The summed E-state index contributed by atoms with van der Waals surface area (Å²) in [5.74, 6) is -3.51. The van der Waals surface area contributed by atoms with E-state index in [1.807, 2.05) is 0 Å². The molecular weight excluding hydrogens is 261 g/mol. The number of hydrogen-bond donors (Lipinski definition) is 2. The highest BCUT2D eigenvalue weighted by Gasteiger charge is 2.24. The molecule has 1 aromatic rings. The van der Waals surface area contributed by atoms with E-state index in [2.05, 4.69) is 5.32 Å². The van der Waals surface area contributed by atoms with E-state index < -0.39 is 23.7 Å². The molecule has 0 aliphatic carbocycles. The van der Waals surface area contributed by atoms with Crippen molar-refractivity contribution in [3.8, 4) is 0 Å². The molecule has 0 aliphatic rings. The van der Waals surface area contributed by atoms with Crippen LogP contribution in [0.2, 0.25) is 5.02 Å². The van der Waals surface area contributed by atoms with E-state index in [-0.39, 0.29) is 16.5 Å². The molecule has 0 bridgehead atoms. The molecule has 0 aliphatic heterocycles. The summed E-state index contributed by atoms with van der Waals surface area (Å²) in [4.78, 5) is 21.7. The molecule has 98 valence electrons. The van der Waals surface area contributed by atoms with Crippen molar-refractivity contribution in [3.05, 3.63) is 34.6 Å². The van der Waals surface area contributed by atoms with Gasteiger partial charge in [0.05, 0.1) is 6.04 Å². The molecule has 1 amide bonds. The van der Waals surface area contributed by atoms with Gasteiger partial charge in [-0.15, -0.1) is 0 Å². The third-order valence-electron chi connectivity index (χ3n) is 2.45. The fourth-order valence-corrected chi connectivity index (χ4v) is 1.72. The van der Waals surface area contributed by atoms with Crippen LogP contribution in [0, 0.1) is 11.7 Å². The Morgan fingerprint density at radius 3 is 2.44 bits per heavy atom. The van der Waals surface area contributed by atoms with E-state index in [1.165, 1.54) is 12.1 Å². The molecule has 0 spiro atoms. The van der Waals surface area contributed by atoms with Crippen molar-refractivity contribution in [2.75, 3.05) is 0 Å². The molecule has 0 saturated heterocycles. The highest BCUT2D eigenvalue weighted by Crippen LogP contribution is 2.26. The quantitative estimate of drug-likeness (QED) is 0.831. The molecule has 1 rings (SSSR count). The van der Waals surface area contributed by atoms with Crippen molar-refractivity contribution in [1.82, 2.24) is 5.32 Å². The maximum atomic E-state index is 13.7. The lowest BCUT2D eigenvalue weighted by atomic mass is 9.95. The van der Waals surface area contributed by atoms with Crippen molar-refractivity contribution >= 4 is 23.5 Å². The largest absolute Gasteiger partial charge is 0.474 e. The van der Waals surface area contributed by atoms with E-state index in [9.17, 15) is 14.0 Å². The van der Waals surface area contributed by atoms with Gasteiger partial charge in [-0.2, -0.15) is 0 Å². The molecule has 0 heterocycles. The monoisotopic (exact) mass is 273 g/mol. The minimum atomic E-state index is -1.60. The summed E-state index contributed by atoms with van der Waals surface area (Å²) >= 11 is 5.64. The summed E-state index contributed by atoms with van der Waals surface area (Å²) in [6.45, 7) is 3.50. The average Bonchev–Trinajstić information content (AvgIpc) is 2.26. The number of aliphatic carboxylic acids is 1. The first-order chi connectivity index (χ1) is 8.32. The smallest absolute Gasteiger partial charge is 0.394 e. The van der Waals surface area contributed by atoms with Crippen LogP contribution in [0.3, 0.4) is 0 Å². The van der Waals surface area contributed by atoms with Crippen molar-refractivity contribution in [3.63, 3.8) is 0 Å². The zero-order valence-electron chi connectivity index (χ0n) is 9.91. The molecule has 18 heavy (non-hydrogen) atoms. The Labute approximate surface area is 109 Å². The van der Waals surface area contributed by atoms with E-state index in [1.54, 1.807) is 13.8 Å². The fraction of sp³-hybridized carbons (Fsp3) is 0.333. The van der Waals surface area contributed by atoms with Crippen LogP contribution in [-0.2, 0) is 9.59 Å². The Hall–Kier alpha value is -1.62. The summed E-state index contributed by atoms with van der Waals surface area (Å²) in [6, 6.07) is 3.33. The first kappa shape index (κ1) is 14.4. The molecule has 6 heteroatoms. The van der Waals surface area contributed by atoms with Crippen LogP contribution < -0.4 is 5.32 Å². The predicted molar refractivity (Wildman–Crippen MR) is 64.8 cm³/mol. The summed E-state index contributed by atoms with van der Waals surface area (Å²) in [5, 5.41) is 11.1. The minimum Gasteiger partial charge on any atom is -0.474 e. The highest BCUT2D eigenvalue weighted by molar-refractivity contribution is 6.31. The number of carboxylic acid groups (broad SMARTS) is 1. The van der Waals surface area contributed by atoms with Crippen molar-refractivity contribution in [2.24, 2.45) is 5.92 Å². The maximum absolute atomic E-state index is 13.7. The van der Waals surface area contributed by atoms with E-state index >= 15 is 0 Å². The van der Waals surface area contributed by atoms with Gasteiger partial charge in [0.1, 0.15) is 5.82 Å². The summed E-state index contributed by atoms with van der Waals surface area (Å²) in [6.07, 6.45) is 0. The minimum absolute atomic E-state index is 0.163. The Balaban J connectivity index is 3.05. The van der Waals surface area contributed by atoms with Crippen molar-refractivity contribution in [2.45, 2.75) is 19.9 Å². The number of amides is 1. The maximum Gasteiger partial charge on any atom is 0.394 e. The molecule has 0 radical (unpaired) electrons. The number of carbonyl (C=O) groups excluding carboxylic acids is 1. The van der Waals surface area contributed by atoms with Crippen molar-refractivity contribution < 1.29 is 19.1 Å². The molecular formula is C12H13ClFNO3. The predicted octanol–water partition coefficient (Wildman–Crippen LogP) is 2.38. The number of halogens is 2. The van der Waals surface area contributed by atoms with Crippen LogP contribution in [-0.4, -0.2) is 17.0 Å². The lowest BCUT2D eigenvalue weighted by molar-refractivity contribution is -0.150. The number of carboxylic acids is 1. The second-order valence-electron chi connectivity index (χ2n) is 4.17. The Morgan fingerprint density at radius 1 is 1.39 bits per heavy atom. The van der Waals surface area contributed by atoms with Gasteiger partial charge in [0.2, 0.25) is 0 Å². The van der Waals surface area contributed by atoms with E-state index in [0.29, 0.717) is 0 Å². The summed E-state index contributed by atoms with van der Waals surface area (Å²) < 4.78 is 13.7. The van der Waals surface area contributed by atoms with Gasteiger partial charge in [0, 0.05) is 10.6 Å². The van der Waals surface area contributed by atoms with Gasteiger partial charge in [-0.3, -0.25) is 4.79 Å². The van der Waals surface area contributed by atoms with Crippen LogP contribution >= 0.6 is 11.6 Å². The second-order valence-corrected chi connectivity index (χ2v) is 4.60. The lowest BCUT2D eigenvalue weighted by Gasteiger charge is -2.22. The molecule has 0 unspecified atom stereocenters. The van der Waals surface area contributed by atoms with Crippen LogP contribution in [0.4, 0.5) is 4.39 Å². The topological polar surface area (TPSA) is 66.4 Å². The highest BCUT2D eigenvalue weighted by atomic mass is 35.5. The van der Waals surface area contributed by atoms with Gasteiger partial charge in [-0.25, -0.2) is 9.18 Å². The number of benzene rings is 1. The normalized spacial score (nSPS) is 12.3. The zero-order valence-corrected chi connectivity index (χ0v) is 10.7. The van der Waals surface area contributed by atoms with Gasteiger partial charge in [0.15, 0.2) is 0 Å². The van der Waals surface area contributed by atoms with Crippen LogP contribution in [0.5, 0.6) is 0 Å². The Kier molecular flexibility index (Phi) is 4.67. The van der Waals surface area contributed by atoms with E-state index in [0.717, 1.165) is 6.07 Å². The average molecular weight is 274 g/mol. The third-order valence-corrected chi connectivity index (χ3v) is 2.68. The first-order valence-electron chi connectivity index (χ1n) is 5.31. The van der Waals surface area contributed by atoms with Crippen LogP contribution in [0.25, 0.3) is 0 Å². The SMILES string of the molecule is CC(C)[C@@H](NC(=O)C(=O)O)c1ccc(Cl)cc1F. The third kappa shape index (κ3) is 3.43.